The molecule has 2 atom stereocenters. The van der Waals surface area contributed by atoms with E-state index in [-0.39, 0.29) is 37.9 Å². The Morgan fingerprint density at radius 1 is 1.00 bits per heavy atom. The van der Waals surface area contributed by atoms with Crippen LogP contribution in [0.2, 0.25) is 25.7 Å². The van der Waals surface area contributed by atoms with E-state index >= 15 is 0 Å². The quantitative estimate of drug-likeness (QED) is 0.0716. The molecule has 2 N–H and O–H groups in total. The number of hydrogen-bond donors (Lipinski definition) is 2. The number of aromatic nitrogens is 2. The molecule has 0 saturated carbocycles. The lowest BCUT2D eigenvalue weighted by molar-refractivity contribution is -0.193. The minimum absolute atomic E-state index is 0.0375. The number of alkyl carbamates (subject to hydrolysis) is 1. The van der Waals surface area contributed by atoms with Gasteiger partial charge in [-0.1, -0.05) is 32.6 Å². The Kier molecular flexibility index (Phi) is 10.9. The summed E-state index contributed by atoms with van der Waals surface area (Å²) < 4.78 is 24.4. The maximum Gasteiger partial charge on any atom is 0.412 e. The number of anilines is 1. The molecule has 0 radical (unpaired) electrons. The highest BCUT2D eigenvalue weighted by atomic mass is 28.3. The molecule has 2 unspecified atom stereocenters. The van der Waals surface area contributed by atoms with Crippen molar-refractivity contribution in [1.29, 1.82) is 0 Å². The van der Waals surface area contributed by atoms with E-state index < -0.39 is 55.1 Å². The number of nitrogens with zero attached hydrogens (tertiary/aromatic N) is 2. The Labute approximate surface area is 311 Å². The first kappa shape index (κ1) is 39.5. The van der Waals surface area contributed by atoms with E-state index in [1.54, 1.807) is 77.3 Å². The number of esters is 2. The van der Waals surface area contributed by atoms with E-state index in [9.17, 15) is 24.0 Å². The molecule has 2 amide bonds. The summed E-state index contributed by atoms with van der Waals surface area (Å²) in [6.07, 6.45) is -1.32. The monoisotopic (exact) mass is 748 g/mol. The number of pyridine rings is 2. The molecule has 0 aliphatic carbocycles. The van der Waals surface area contributed by atoms with E-state index in [0.29, 0.717) is 40.1 Å². The van der Waals surface area contributed by atoms with Crippen LogP contribution in [0.5, 0.6) is 0 Å². The molecule has 0 fully saturated rings. The molecule has 2 aromatic heterocycles. The molecule has 0 spiro atoms. The van der Waals surface area contributed by atoms with Gasteiger partial charge in [0.25, 0.3) is 5.56 Å². The summed E-state index contributed by atoms with van der Waals surface area (Å²) in [5.41, 5.74) is 0.188. The first-order valence-corrected chi connectivity index (χ1v) is 21.9. The molecule has 3 aromatic rings. The molecule has 53 heavy (non-hydrogen) atoms. The minimum atomic E-state index is -1.85. The van der Waals surface area contributed by atoms with Gasteiger partial charge < -0.3 is 28.8 Å². The molecule has 0 saturated heterocycles. The van der Waals surface area contributed by atoms with Crippen LogP contribution >= 0.6 is 0 Å². The molecule has 286 valence electrons. The molecule has 1 aromatic carbocycles. The van der Waals surface area contributed by atoms with E-state index in [1.807, 2.05) is 6.07 Å². The van der Waals surface area contributed by atoms with Gasteiger partial charge in [0.15, 0.2) is 0 Å². The van der Waals surface area contributed by atoms with Crippen molar-refractivity contribution < 1.29 is 38.1 Å². The van der Waals surface area contributed by atoms with Gasteiger partial charge in [0, 0.05) is 43.2 Å². The smallest absolute Gasteiger partial charge is 0.412 e. The summed E-state index contributed by atoms with van der Waals surface area (Å²) in [6, 6.07) is 9.81. The average molecular weight is 749 g/mol. The van der Waals surface area contributed by atoms with Crippen LogP contribution in [0.3, 0.4) is 0 Å². The van der Waals surface area contributed by atoms with Crippen molar-refractivity contribution in [3.05, 3.63) is 57.4 Å². The van der Waals surface area contributed by atoms with Gasteiger partial charge in [-0.25, -0.2) is 19.4 Å². The zero-order chi connectivity index (χ0) is 39.1. The predicted molar refractivity (Wildman–Crippen MR) is 204 cm³/mol. The standard InChI is InChI=1S/C39H52N4O9Si/c1-11-39(50-30(44)13-12-17-40-35(47)51-37(2,3)4)26-21-28-32-24(19-23-20-25(14-15-27(23)42-32)41-36(48)52-38(5,6)7)22-43(28)33(45)31(26)29(49-34(39)46)16-18-53(8,9)10/h14-15,19-21,29H,11-13,16-18,22H2,1-10H3,(H,40,47)(H,41,48). The fourth-order valence-electron chi connectivity index (χ4n) is 6.54. The lowest BCUT2D eigenvalue weighted by Crippen LogP contribution is -2.49. The second kappa shape index (κ2) is 14.6. The first-order valence-electron chi connectivity index (χ1n) is 18.2. The van der Waals surface area contributed by atoms with Crippen molar-refractivity contribution in [2.24, 2.45) is 0 Å². The number of carbonyl (C=O) groups is 4. The van der Waals surface area contributed by atoms with E-state index in [0.717, 1.165) is 17.0 Å². The van der Waals surface area contributed by atoms with E-state index in [4.69, 9.17) is 23.9 Å². The SMILES string of the molecule is CCC1(OC(=O)CCCNC(=O)OC(C)(C)C)C(=O)OC(CC[Si](C)(C)C)c2c1cc1n(c2=O)Cc2cc3cc(NC(=O)OC(C)(C)C)ccc3nc2-1. The first-order chi connectivity index (χ1) is 24.6. The van der Waals surface area contributed by atoms with Crippen molar-refractivity contribution in [1.82, 2.24) is 14.9 Å². The van der Waals surface area contributed by atoms with Gasteiger partial charge >= 0.3 is 24.1 Å². The Morgan fingerprint density at radius 3 is 2.32 bits per heavy atom. The number of amides is 2. The molecule has 0 bridgehead atoms. The van der Waals surface area contributed by atoms with Crippen molar-refractivity contribution in [3.8, 4) is 11.4 Å². The number of nitrogens with one attached hydrogen (secondary N) is 2. The van der Waals surface area contributed by atoms with Crippen molar-refractivity contribution in [3.63, 3.8) is 0 Å². The number of fused-ring (bicyclic) bond motifs is 5. The molecule has 13 nitrogen and oxygen atoms in total. The zero-order valence-electron chi connectivity index (χ0n) is 32.5. The van der Waals surface area contributed by atoms with Crippen molar-refractivity contribution in [2.75, 3.05) is 11.9 Å². The second-order valence-electron chi connectivity index (χ2n) is 17.0. The fourth-order valence-corrected chi connectivity index (χ4v) is 7.67. The number of rotatable bonds is 10. The van der Waals surface area contributed by atoms with Crippen LogP contribution < -0.4 is 16.2 Å². The molecule has 14 heteroatoms. The van der Waals surface area contributed by atoms with Gasteiger partial charge in [-0.3, -0.25) is 14.9 Å². The Bertz CT molecular complexity index is 2010. The normalized spacial score (nSPS) is 18.0. The highest BCUT2D eigenvalue weighted by Gasteiger charge is 2.53. The van der Waals surface area contributed by atoms with Crippen LogP contribution in [0.25, 0.3) is 22.3 Å². The van der Waals surface area contributed by atoms with Crippen LogP contribution in [-0.4, -0.2) is 59.5 Å². The van der Waals surface area contributed by atoms with Crippen LogP contribution in [0.4, 0.5) is 15.3 Å². The lowest BCUT2D eigenvalue weighted by atomic mass is 9.82. The minimum Gasteiger partial charge on any atom is -0.454 e. The van der Waals surface area contributed by atoms with Crippen LogP contribution in [0, 0.1) is 0 Å². The maximum absolute atomic E-state index is 14.6. The molecular formula is C39H52N4O9Si. The summed E-state index contributed by atoms with van der Waals surface area (Å²) in [4.78, 5) is 71.4. The number of carbonyl (C=O) groups excluding carboxylic acids is 4. The molecule has 2 aliphatic rings. The van der Waals surface area contributed by atoms with Crippen molar-refractivity contribution >= 4 is 48.8 Å². The predicted octanol–water partition coefficient (Wildman–Crippen LogP) is 7.55. The molecular weight excluding hydrogens is 697 g/mol. The van der Waals surface area contributed by atoms with Crippen LogP contribution in [0.1, 0.15) is 96.9 Å². The summed E-state index contributed by atoms with van der Waals surface area (Å²) in [6.45, 7) is 19.4. The molecule has 5 rings (SSSR count). The number of benzene rings is 1. The highest BCUT2D eigenvalue weighted by molar-refractivity contribution is 6.76. The summed E-state index contributed by atoms with van der Waals surface area (Å²) in [5.74, 6) is -1.38. The van der Waals surface area contributed by atoms with Gasteiger partial charge in [-0.05, 0) is 91.1 Å². The summed E-state index contributed by atoms with van der Waals surface area (Å²) >= 11 is 0. The van der Waals surface area contributed by atoms with E-state index in [1.165, 1.54) is 0 Å². The zero-order valence-corrected chi connectivity index (χ0v) is 33.5. The van der Waals surface area contributed by atoms with Gasteiger partial charge in [0.1, 0.15) is 17.3 Å². The number of cyclic esters (lactones) is 1. The number of ether oxygens (including phenoxy) is 4. The average Bonchev–Trinajstić information content (AvgIpc) is 3.38. The highest BCUT2D eigenvalue weighted by Crippen LogP contribution is 2.46. The fraction of sp³-hybridized carbons (Fsp3) is 0.538. The van der Waals surface area contributed by atoms with Gasteiger partial charge in [0.05, 0.1) is 29.0 Å². The third kappa shape index (κ3) is 9.09. The van der Waals surface area contributed by atoms with Gasteiger partial charge in [-0.2, -0.15) is 0 Å². The Hall–Kier alpha value is -4.72. The summed E-state index contributed by atoms with van der Waals surface area (Å²) in [7, 11) is -1.61. The van der Waals surface area contributed by atoms with Crippen LogP contribution in [-0.2, 0) is 40.7 Å². The molecule has 4 heterocycles. The largest absolute Gasteiger partial charge is 0.454 e. The Balaban J connectivity index is 1.49. The number of hydrogen-bond acceptors (Lipinski definition) is 10. The Morgan fingerprint density at radius 2 is 1.68 bits per heavy atom. The maximum atomic E-state index is 14.6. The molecule has 2 aliphatic heterocycles. The summed E-state index contributed by atoms with van der Waals surface area (Å²) in [5, 5.41) is 6.14. The van der Waals surface area contributed by atoms with Gasteiger partial charge in [0.2, 0.25) is 5.60 Å². The third-order valence-corrected chi connectivity index (χ3v) is 10.7. The lowest BCUT2D eigenvalue weighted by Gasteiger charge is -2.39. The van der Waals surface area contributed by atoms with Crippen LogP contribution in [0.15, 0.2) is 35.1 Å². The second-order valence-corrected chi connectivity index (χ2v) is 22.6. The topological polar surface area (TPSA) is 164 Å². The van der Waals surface area contributed by atoms with E-state index in [2.05, 4.69) is 30.3 Å². The third-order valence-electron chi connectivity index (χ3n) is 8.95. The van der Waals surface area contributed by atoms with Crippen molar-refractivity contribution in [2.45, 2.75) is 129 Å². The van der Waals surface area contributed by atoms with Gasteiger partial charge in [-0.15, -0.1) is 0 Å².